The Bertz CT molecular complexity index is 317. The molecule has 0 unspecified atom stereocenters. The maximum absolute atomic E-state index is 11.6. The van der Waals surface area contributed by atoms with Gasteiger partial charge in [0.15, 0.2) is 0 Å². The van der Waals surface area contributed by atoms with Crippen LogP contribution in [0.5, 0.6) is 0 Å². The zero-order valence-corrected chi connectivity index (χ0v) is 8.98. The molecule has 0 heterocycles. The topological polar surface area (TPSA) is 26.3 Å². The van der Waals surface area contributed by atoms with E-state index in [0.29, 0.717) is 13.0 Å². The van der Waals surface area contributed by atoms with Gasteiger partial charge in [0, 0.05) is 0 Å². The zero-order valence-electron chi connectivity index (χ0n) is 8.98. The van der Waals surface area contributed by atoms with Gasteiger partial charge in [-0.05, 0) is 18.9 Å². The van der Waals surface area contributed by atoms with E-state index in [1.54, 1.807) is 6.08 Å². The van der Waals surface area contributed by atoms with Crippen LogP contribution in [0, 0.1) is 0 Å². The summed E-state index contributed by atoms with van der Waals surface area (Å²) in [5.74, 6) is -0.376. The van der Waals surface area contributed by atoms with Crippen LogP contribution in [0.2, 0.25) is 0 Å². The summed E-state index contributed by atoms with van der Waals surface area (Å²) in [6.07, 6.45) is 2.44. The van der Waals surface area contributed by atoms with Crippen LogP contribution in [0.3, 0.4) is 0 Å². The SMILES string of the molecule is C=CCCOC(=O)[C@H](C)c1ccccc1. The molecule has 80 valence electrons. The van der Waals surface area contributed by atoms with Crippen LogP contribution in [0.15, 0.2) is 43.0 Å². The van der Waals surface area contributed by atoms with E-state index in [9.17, 15) is 4.79 Å². The second-order valence-electron chi connectivity index (χ2n) is 3.38. The summed E-state index contributed by atoms with van der Waals surface area (Å²) in [4.78, 5) is 11.6. The second kappa shape index (κ2) is 6.02. The highest BCUT2D eigenvalue weighted by Crippen LogP contribution is 2.15. The Balaban J connectivity index is 2.50. The van der Waals surface area contributed by atoms with Gasteiger partial charge in [-0.3, -0.25) is 4.79 Å². The van der Waals surface area contributed by atoms with Crippen LogP contribution < -0.4 is 0 Å². The molecule has 0 aliphatic carbocycles. The first-order chi connectivity index (χ1) is 7.25. The summed E-state index contributed by atoms with van der Waals surface area (Å²) in [5.41, 5.74) is 0.987. The lowest BCUT2D eigenvalue weighted by atomic mass is 10.0. The molecule has 1 rings (SSSR count). The summed E-state index contributed by atoms with van der Waals surface area (Å²) < 4.78 is 5.09. The molecule has 0 saturated carbocycles. The van der Waals surface area contributed by atoms with Crippen molar-refractivity contribution < 1.29 is 9.53 Å². The molecular formula is C13H16O2. The highest BCUT2D eigenvalue weighted by atomic mass is 16.5. The lowest BCUT2D eigenvalue weighted by Crippen LogP contribution is -2.13. The first-order valence-corrected chi connectivity index (χ1v) is 5.08. The molecule has 0 saturated heterocycles. The van der Waals surface area contributed by atoms with Crippen molar-refractivity contribution in [1.82, 2.24) is 0 Å². The minimum atomic E-state index is -0.198. The lowest BCUT2D eigenvalue weighted by molar-refractivity contribution is -0.144. The van der Waals surface area contributed by atoms with Crippen LogP contribution in [0.4, 0.5) is 0 Å². The van der Waals surface area contributed by atoms with Crippen molar-refractivity contribution in [3.05, 3.63) is 48.6 Å². The number of esters is 1. The standard InChI is InChI=1S/C13H16O2/c1-3-4-10-15-13(14)11(2)12-8-6-5-7-9-12/h3,5-9,11H,1,4,10H2,2H3/t11-/m1/s1. The molecule has 0 amide bonds. The van der Waals surface area contributed by atoms with E-state index in [2.05, 4.69) is 6.58 Å². The molecule has 2 nitrogen and oxygen atoms in total. The average Bonchev–Trinajstić information content (AvgIpc) is 2.29. The van der Waals surface area contributed by atoms with Crippen LogP contribution in [-0.4, -0.2) is 12.6 Å². The van der Waals surface area contributed by atoms with Gasteiger partial charge in [0.05, 0.1) is 12.5 Å². The Labute approximate surface area is 90.6 Å². The molecule has 1 aromatic carbocycles. The minimum Gasteiger partial charge on any atom is -0.465 e. The predicted molar refractivity (Wildman–Crippen MR) is 60.6 cm³/mol. The molecule has 15 heavy (non-hydrogen) atoms. The van der Waals surface area contributed by atoms with E-state index in [1.165, 1.54) is 0 Å². The average molecular weight is 204 g/mol. The zero-order chi connectivity index (χ0) is 11.1. The van der Waals surface area contributed by atoms with E-state index < -0.39 is 0 Å². The third-order valence-electron chi connectivity index (χ3n) is 2.22. The normalized spacial score (nSPS) is 11.8. The Morgan fingerprint density at radius 3 is 2.73 bits per heavy atom. The van der Waals surface area contributed by atoms with Crippen LogP contribution in [0.1, 0.15) is 24.8 Å². The molecule has 0 spiro atoms. The van der Waals surface area contributed by atoms with Crippen LogP contribution >= 0.6 is 0 Å². The number of hydrogen-bond donors (Lipinski definition) is 0. The van der Waals surface area contributed by atoms with Gasteiger partial charge in [0.2, 0.25) is 0 Å². The number of benzene rings is 1. The van der Waals surface area contributed by atoms with E-state index >= 15 is 0 Å². The van der Waals surface area contributed by atoms with Crippen LogP contribution in [0.25, 0.3) is 0 Å². The van der Waals surface area contributed by atoms with Gasteiger partial charge < -0.3 is 4.74 Å². The summed E-state index contributed by atoms with van der Waals surface area (Å²) in [6, 6.07) is 9.63. The molecule has 0 fully saturated rings. The van der Waals surface area contributed by atoms with Crippen molar-refractivity contribution in [2.75, 3.05) is 6.61 Å². The molecule has 1 aromatic rings. The van der Waals surface area contributed by atoms with Gasteiger partial charge >= 0.3 is 5.97 Å². The molecule has 0 N–H and O–H groups in total. The molecule has 0 bridgehead atoms. The molecule has 0 aliphatic rings. The highest BCUT2D eigenvalue weighted by Gasteiger charge is 2.15. The summed E-state index contributed by atoms with van der Waals surface area (Å²) >= 11 is 0. The first kappa shape index (κ1) is 11.5. The summed E-state index contributed by atoms with van der Waals surface area (Å²) in [6.45, 7) is 5.84. The molecular weight excluding hydrogens is 188 g/mol. The number of ether oxygens (including phenoxy) is 1. The molecule has 1 atom stereocenters. The van der Waals surface area contributed by atoms with Crippen LogP contribution in [-0.2, 0) is 9.53 Å². The monoisotopic (exact) mass is 204 g/mol. The fraction of sp³-hybridized carbons (Fsp3) is 0.308. The molecule has 2 heteroatoms. The van der Waals surface area contributed by atoms with Crippen molar-refractivity contribution in [3.8, 4) is 0 Å². The molecule has 0 radical (unpaired) electrons. The van der Waals surface area contributed by atoms with Gasteiger partial charge in [0.1, 0.15) is 0 Å². The van der Waals surface area contributed by atoms with Gasteiger partial charge in [-0.1, -0.05) is 36.4 Å². The minimum absolute atomic E-state index is 0.178. The van der Waals surface area contributed by atoms with Gasteiger partial charge in [0.25, 0.3) is 0 Å². The Hall–Kier alpha value is -1.57. The largest absolute Gasteiger partial charge is 0.465 e. The Morgan fingerprint density at radius 1 is 1.47 bits per heavy atom. The van der Waals surface area contributed by atoms with E-state index in [0.717, 1.165) is 5.56 Å². The smallest absolute Gasteiger partial charge is 0.313 e. The van der Waals surface area contributed by atoms with Gasteiger partial charge in [-0.2, -0.15) is 0 Å². The van der Waals surface area contributed by atoms with Crippen molar-refractivity contribution in [2.45, 2.75) is 19.3 Å². The maximum atomic E-state index is 11.6. The molecule has 0 aliphatic heterocycles. The maximum Gasteiger partial charge on any atom is 0.313 e. The Kier molecular flexibility index (Phi) is 4.61. The number of carbonyl (C=O) groups is 1. The van der Waals surface area contributed by atoms with Gasteiger partial charge in [-0.15, -0.1) is 6.58 Å². The van der Waals surface area contributed by atoms with Crippen molar-refractivity contribution in [2.24, 2.45) is 0 Å². The third kappa shape index (κ3) is 3.58. The van der Waals surface area contributed by atoms with Gasteiger partial charge in [-0.25, -0.2) is 0 Å². The van der Waals surface area contributed by atoms with E-state index in [4.69, 9.17) is 4.74 Å². The third-order valence-corrected chi connectivity index (χ3v) is 2.22. The van der Waals surface area contributed by atoms with Crippen molar-refractivity contribution in [3.63, 3.8) is 0 Å². The quantitative estimate of drug-likeness (QED) is 0.419. The number of rotatable bonds is 5. The Morgan fingerprint density at radius 2 is 2.13 bits per heavy atom. The highest BCUT2D eigenvalue weighted by molar-refractivity contribution is 5.77. The predicted octanol–water partition coefficient (Wildman–Crippen LogP) is 2.91. The van der Waals surface area contributed by atoms with E-state index in [1.807, 2.05) is 37.3 Å². The number of carbonyl (C=O) groups excluding carboxylic acids is 1. The summed E-state index contributed by atoms with van der Waals surface area (Å²) in [5, 5.41) is 0. The second-order valence-corrected chi connectivity index (χ2v) is 3.38. The lowest BCUT2D eigenvalue weighted by Gasteiger charge is -2.10. The summed E-state index contributed by atoms with van der Waals surface area (Å²) in [7, 11) is 0. The van der Waals surface area contributed by atoms with Crippen molar-refractivity contribution in [1.29, 1.82) is 0 Å². The first-order valence-electron chi connectivity index (χ1n) is 5.08. The van der Waals surface area contributed by atoms with Crippen molar-refractivity contribution >= 4 is 5.97 Å². The van der Waals surface area contributed by atoms with E-state index in [-0.39, 0.29) is 11.9 Å². The fourth-order valence-electron chi connectivity index (χ4n) is 1.25. The molecule has 0 aromatic heterocycles. The number of hydrogen-bond acceptors (Lipinski definition) is 2. The fourth-order valence-corrected chi connectivity index (χ4v) is 1.25.